The fourth-order valence-electron chi connectivity index (χ4n) is 3.60. The normalized spacial score (nSPS) is 26.7. The van der Waals surface area contributed by atoms with E-state index in [1.807, 2.05) is 18.2 Å². The molecule has 1 heterocycles. The molecule has 3 unspecified atom stereocenters. The second-order valence-electron chi connectivity index (χ2n) is 5.95. The minimum Gasteiger partial charge on any atom is -0.339 e. The molecule has 1 aliphatic carbocycles. The van der Waals surface area contributed by atoms with Crippen molar-refractivity contribution in [1.82, 2.24) is 4.90 Å². The highest BCUT2D eigenvalue weighted by atomic mass is 16.2. The molecule has 1 aliphatic heterocycles. The van der Waals surface area contributed by atoms with Crippen molar-refractivity contribution in [3.05, 3.63) is 35.9 Å². The monoisotopic (exact) mass is 258 g/mol. The van der Waals surface area contributed by atoms with Crippen LogP contribution in [-0.4, -0.2) is 29.9 Å². The van der Waals surface area contributed by atoms with Gasteiger partial charge in [-0.05, 0) is 37.2 Å². The SMILES string of the molecule is NCC(Cc1ccccc1)C(=O)N1CC2CCC1C2. The summed E-state index contributed by atoms with van der Waals surface area (Å²) < 4.78 is 0. The Labute approximate surface area is 114 Å². The van der Waals surface area contributed by atoms with Crippen LogP contribution in [-0.2, 0) is 11.2 Å². The van der Waals surface area contributed by atoms with Crippen LogP contribution in [0, 0.1) is 11.8 Å². The lowest BCUT2D eigenvalue weighted by molar-refractivity contribution is -0.136. The van der Waals surface area contributed by atoms with Crippen molar-refractivity contribution in [2.75, 3.05) is 13.1 Å². The van der Waals surface area contributed by atoms with E-state index in [-0.39, 0.29) is 11.8 Å². The van der Waals surface area contributed by atoms with Gasteiger partial charge in [0.05, 0.1) is 5.92 Å². The van der Waals surface area contributed by atoms with E-state index in [2.05, 4.69) is 17.0 Å². The van der Waals surface area contributed by atoms with Gasteiger partial charge in [-0.2, -0.15) is 0 Å². The quantitative estimate of drug-likeness (QED) is 0.895. The van der Waals surface area contributed by atoms with Gasteiger partial charge in [-0.15, -0.1) is 0 Å². The first-order valence-electron chi connectivity index (χ1n) is 7.32. The lowest BCUT2D eigenvalue weighted by Crippen LogP contribution is -2.44. The van der Waals surface area contributed by atoms with Crippen molar-refractivity contribution in [3.8, 4) is 0 Å². The van der Waals surface area contributed by atoms with Gasteiger partial charge in [0.2, 0.25) is 5.91 Å². The summed E-state index contributed by atoms with van der Waals surface area (Å²) in [5.74, 6) is 0.976. The van der Waals surface area contributed by atoms with Gasteiger partial charge >= 0.3 is 0 Å². The molecule has 3 heteroatoms. The summed E-state index contributed by atoms with van der Waals surface area (Å²) in [7, 11) is 0. The minimum absolute atomic E-state index is 0.0539. The fraction of sp³-hybridized carbons (Fsp3) is 0.562. The third-order valence-electron chi connectivity index (χ3n) is 4.65. The largest absolute Gasteiger partial charge is 0.339 e. The maximum atomic E-state index is 12.6. The number of fused-ring (bicyclic) bond motifs is 2. The van der Waals surface area contributed by atoms with Crippen molar-refractivity contribution < 1.29 is 4.79 Å². The number of carbonyl (C=O) groups excluding carboxylic acids is 1. The Morgan fingerprint density at radius 3 is 2.68 bits per heavy atom. The number of nitrogens with two attached hydrogens (primary N) is 1. The summed E-state index contributed by atoms with van der Waals surface area (Å²) in [6.07, 6.45) is 4.48. The number of likely N-dealkylation sites (tertiary alicyclic amines) is 1. The Morgan fingerprint density at radius 2 is 2.11 bits per heavy atom. The zero-order chi connectivity index (χ0) is 13.2. The van der Waals surface area contributed by atoms with Crippen LogP contribution in [0.2, 0.25) is 0 Å². The van der Waals surface area contributed by atoms with Crippen LogP contribution in [0.3, 0.4) is 0 Å². The molecule has 2 N–H and O–H groups in total. The number of piperidine rings is 1. The number of hydrogen-bond acceptors (Lipinski definition) is 2. The summed E-state index contributed by atoms with van der Waals surface area (Å²) >= 11 is 0. The van der Waals surface area contributed by atoms with Crippen LogP contribution in [0.5, 0.6) is 0 Å². The Kier molecular flexibility index (Phi) is 3.56. The maximum absolute atomic E-state index is 12.6. The zero-order valence-electron chi connectivity index (χ0n) is 11.3. The highest BCUT2D eigenvalue weighted by Crippen LogP contribution is 2.38. The van der Waals surface area contributed by atoms with E-state index in [0.717, 1.165) is 18.9 Å². The van der Waals surface area contributed by atoms with Gasteiger partial charge in [0.25, 0.3) is 0 Å². The number of hydrogen-bond donors (Lipinski definition) is 1. The van der Waals surface area contributed by atoms with Crippen LogP contribution in [0.25, 0.3) is 0 Å². The van der Waals surface area contributed by atoms with Crippen LogP contribution >= 0.6 is 0 Å². The van der Waals surface area contributed by atoms with E-state index < -0.39 is 0 Å². The average Bonchev–Trinajstić information content (AvgIpc) is 3.08. The van der Waals surface area contributed by atoms with Gasteiger partial charge in [0.1, 0.15) is 0 Å². The van der Waals surface area contributed by atoms with E-state index in [0.29, 0.717) is 12.6 Å². The molecule has 2 bridgehead atoms. The van der Waals surface area contributed by atoms with Crippen LogP contribution in [0.1, 0.15) is 24.8 Å². The molecule has 1 saturated heterocycles. The molecule has 102 valence electrons. The molecular formula is C16H22N2O. The number of rotatable bonds is 4. The molecule has 1 aromatic carbocycles. The highest BCUT2D eigenvalue weighted by Gasteiger charge is 2.41. The van der Waals surface area contributed by atoms with Crippen molar-refractivity contribution in [2.24, 2.45) is 17.6 Å². The van der Waals surface area contributed by atoms with Crippen molar-refractivity contribution in [1.29, 1.82) is 0 Å². The van der Waals surface area contributed by atoms with E-state index in [4.69, 9.17) is 5.73 Å². The molecule has 0 spiro atoms. The molecule has 1 saturated carbocycles. The minimum atomic E-state index is -0.0539. The Balaban J connectivity index is 1.67. The summed E-state index contributed by atoms with van der Waals surface area (Å²) in [5, 5.41) is 0. The Morgan fingerprint density at radius 1 is 1.32 bits per heavy atom. The molecule has 0 radical (unpaired) electrons. The van der Waals surface area contributed by atoms with E-state index >= 15 is 0 Å². The first-order chi connectivity index (χ1) is 9.28. The predicted molar refractivity (Wildman–Crippen MR) is 75.5 cm³/mol. The van der Waals surface area contributed by atoms with Gasteiger partial charge in [-0.3, -0.25) is 4.79 Å². The molecule has 0 aromatic heterocycles. The summed E-state index contributed by atoms with van der Waals surface area (Å²) in [6, 6.07) is 10.7. The molecule has 1 amide bonds. The topological polar surface area (TPSA) is 46.3 Å². The standard InChI is InChI=1S/C16H22N2O/c17-10-14(8-12-4-2-1-3-5-12)16(19)18-11-13-6-7-15(18)9-13/h1-5,13-15H,6-11,17H2. The molecule has 19 heavy (non-hydrogen) atoms. The molecule has 2 aliphatic rings. The third-order valence-corrected chi connectivity index (χ3v) is 4.65. The van der Waals surface area contributed by atoms with Crippen molar-refractivity contribution in [2.45, 2.75) is 31.7 Å². The summed E-state index contributed by atoms with van der Waals surface area (Å²) in [4.78, 5) is 14.7. The second-order valence-corrected chi connectivity index (χ2v) is 5.95. The van der Waals surface area contributed by atoms with Gasteiger partial charge in [-0.1, -0.05) is 30.3 Å². The predicted octanol–water partition coefficient (Wildman–Crippen LogP) is 1.81. The lowest BCUT2D eigenvalue weighted by Gasteiger charge is -2.30. The molecule has 2 fully saturated rings. The molecular weight excluding hydrogens is 236 g/mol. The second kappa shape index (κ2) is 5.33. The van der Waals surface area contributed by atoms with Crippen molar-refractivity contribution >= 4 is 5.91 Å². The summed E-state index contributed by atoms with van der Waals surface area (Å²) in [6.45, 7) is 1.41. The Hall–Kier alpha value is -1.35. The average molecular weight is 258 g/mol. The maximum Gasteiger partial charge on any atom is 0.227 e. The molecule has 3 atom stereocenters. The smallest absolute Gasteiger partial charge is 0.227 e. The highest BCUT2D eigenvalue weighted by molar-refractivity contribution is 5.80. The zero-order valence-corrected chi connectivity index (χ0v) is 11.3. The van der Waals surface area contributed by atoms with E-state index in [1.54, 1.807) is 0 Å². The van der Waals surface area contributed by atoms with E-state index in [1.165, 1.54) is 24.8 Å². The number of carbonyl (C=O) groups is 1. The third kappa shape index (κ3) is 2.52. The molecule has 3 rings (SSSR count). The number of nitrogens with zero attached hydrogens (tertiary/aromatic N) is 1. The lowest BCUT2D eigenvalue weighted by atomic mass is 9.97. The van der Waals surface area contributed by atoms with E-state index in [9.17, 15) is 4.79 Å². The fourth-order valence-corrected chi connectivity index (χ4v) is 3.60. The van der Waals surface area contributed by atoms with Crippen LogP contribution in [0.15, 0.2) is 30.3 Å². The van der Waals surface area contributed by atoms with Gasteiger partial charge < -0.3 is 10.6 Å². The van der Waals surface area contributed by atoms with Crippen molar-refractivity contribution in [3.63, 3.8) is 0 Å². The van der Waals surface area contributed by atoms with Gasteiger partial charge in [0, 0.05) is 19.1 Å². The first kappa shape index (κ1) is 12.7. The number of benzene rings is 1. The molecule has 1 aromatic rings. The molecule has 3 nitrogen and oxygen atoms in total. The van der Waals surface area contributed by atoms with Gasteiger partial charge in [0.15, 0.2) is 0 Å². The Bertz CT molecular complexity index is 445. The van der Waals surface area contributed by atoms with Gasteiger partial charge in [-0.25, -0.2) is 0 Å². The number of amides is 1. The van der Waals surface area contributed by atoms with Crippen LogP contribution < -0.4 is 5.73 Å². The summed E-state index contributed by atoms with van der Waals surface area (Å²) in [5.41, 5.74) is 7.04. The van der Waals surface area contributed by atoms with Crippen LogP contribution in [0.4, 0.5) is 0 Å². The first-order valence-corrected chi connectivity index (χ1v) is 7.32.